The van der Waals surface area contributed by atoms with Crippen LogP contribution in [0.3, 0.4) is 0 Å². The molecule has 0 fully saturated rings. The van der Waals surface area contributed by atoms with Crippen LogP contribution in [0.25, 0.3) is 43.1 Å². The van der Waals surface area contributed by atoms with Gasteiger partial charge in [0, 0.05) is 22.3 Å². The van der Waals surface area contributed by atoms with Crippen LogP contribution in [-0.4, -0.2) is 0 Å². The molecule has 170 valence electrons. The fourth-order valence-corrected chi connectivity index (χ4v) is 5.00. The van der Waals surface area contributed by atoms with Gasteiger partial charge in [-0.1, -0.05) is 60.7 Å². The van der Waals surface area contributed by atoms with Crippen molar-refractivity contribution in [2.45, 2.75) is 0 Å². The predicted molar refractivity (Wildman–Crippen MR) is 142 cm³/mol. The highest BCUT2D eigenvalue weighted by atomic mass is 14.7. The maximum Gasteiger partial charge on any atom is 0.270 e. The summed E-state index contributed by atoms with van der Waals surface area (Å²) in [4.78, 5) is 6.91. The van der Waals surface area contributed by atoms with E-state index in [4.69, 9.17) is 13.1 Å². The van der Waals surface area contributed by atoms with Gasteiger partial charge >= 0.3 is 0 Å². The topological polar surface area (TPSA) is 104 Å². The van der Waals surface area contributed by atoms with Crippen LogP contribution >= 0.6 is 0 Å². The Bertz CT molecular complexity index is 1770. The van der Waals surface area contributed by atoms with Crippen molar-refractivity contribution in [3.8, 4) is 24.3 Å². The lowest BCUT2D eigenvalue weighted by Crippen LogP contribution is -1.94. The Morgan fingerprint density at radius 1 is 0.553 bits per heavy atom. The van der Waals surface area contributed by atoms with Crippen molar-refractivity contribution < 1.29 is 0 Å². The van der Waals surface area contributed by atoms with Gasteiger partial charge in [-0.05, 0) is 45.5 Å². The monoisotopic (exact) mass is 480 g/mol. The number of nitrogens with zero attached hydrogens (tertiary/aromatic N) is 6. The molecule has 0 amide bonds. The predicted octanol–water partition coefficient (Wildman–Crippen LogP) is 6.89. The molecule has 0 bridgehead atoms. The molecule has 0 aromatic heterocycles. The summed E-state index contributed by atoms with van der Waals surface area (Å²) in [6, 6.07) is 29.9. The van der Waals surface area contributed by atoms with E-state index in [1.807, 2.05) is 24.3 Å². The van der Waals surface area contributed by atoms with E-state index >= 15 is 0 Å². The van der Waals surface area contributed by atoms with Gasteiger partial charge in [0.25, 0.3) is 11.4 Å². The quantitative estimate of drug-likeness (QED) is 0.294. The summed E-state index contributed by atoms with van der Waals surface area (Å²) in [7, 11) is 0. The fraction of sp³-hybridized carbons (Fsp3) is 0. The number of fused-ring (bicyclic) bond motifs is 2. The molecular weight excluding hydrogens is 468 g/mol. The molecule has 0 atom stereocenters. The highest BCUT2D eigenvalue weighted by Gasteiger charge is 2.36. The molecule has 0 N–H and O–H groups in total. The van der Waals surface area contributed by atoms with Crippen LogP contribution in [-0.2, 0) is 0 Å². The Balaban J connectivity index is 1.94. The Morgan fingerprint density at radius 2 is 0.921 bits per heavy atom. The highest BCUT2D eigenvalue weighted by molar-refractivity contribution is 6.29. The Labute approximate surface area is 219 Å². The molecule has 0 heterocycles. The molecule has 2 aliphatic rings. The maximum absolute atomic E-state index is 10.3. The van der Waals surface area contributed by atoms with E-state index in [-0.39, 0.29) is 22.5 Å². The van der Waals surface area contributed by atoms with Crippen LogP contribution in [0.5, 0.6) is 0 Å². The van der Waals surface area contributed by atoms with Gasteiger partial charge < -0.3 is 0 Å². The molecule has 5 rings (SSSR count). The van der Waals surface area contributed by atoms with Crippen LogP contribution in [0.2, 0.25) is 0 Å². The van der Waals surface area contributed by atoms with Gasteiger partial charge in [-0.25, -0.2) is 20.2 Å². The first kappa shape index (κ1) is 23.3. The molecular formula is C32H12N6. The van der Waals surface area contributed by atoms with Crippen molar-refractivity contribution in [1.29, 1.82) is 21.0 Å². The number of rotatable bonds is 2. The highest BCUT2D eigenvalue weighted by Crippen LogP contribution is 2.54. The van der Waals surface area contributed by atoms with Crippen molar-refractivity contribution in [2.75, 3.05) is 0 Å². The summed E-state index contributed by atoms with van der Waals surface area (Å²) < 4.78 is 0. The first-order valence-electron chi connectivity index (χ1n) is 11.3. The molecule has 38 heavy (non-hydrogen) atoms. The van der Waals surface area contributed by atoms with Crippen LogP contribution in [0.15, 0.2) is 84.2 Å². The average molecular weight is 480 g/mol. The minimum absolute atomic E-state index is 0.172. The minimum atomic E-state index is -0.172. The summed E-state index contributed by atoms with van der Waals surface area (Å²) in [5.74, 6) is 0. The lowest BCUT2D eigenvalue weighted by atomic mass is 9.92. The summed E-state index contributed by atoms with van der Waals surface area (Å²) in [6.07, 6.45) is 0. The van der Waals surface area contributed by atoms with E-state index in [0.29, 0.717) is 55.7 Å². The number of hydrogen-bond acceptors (Lipinski definition) is 4. The molecule has 0 saturated heterocycles. The van der Waals surface area contributed by atoms with Crippen LogP contribution in [0.1, 0.15) is 33.4 Å². The maximum atomic E-state index is 10.3. The normalized spacial score (nSPS) is 15.6. The van der Waals surface area contributed by atoms with E-state index in [0.717, 1.165) is 0 Å². The molecule has 2 aliphatic carbocycles. The zero-order valence-electron chi connectivity index (χ0n) is 19.6. The van der Waals surface area contributed by atoms with Crippen LogP contribution in [0, 0.1) is 58.5 Å². The van der Waals surface area contributed by atoms with Crippen LogP contribution in [0.4, 0.5) is 0 Å². The summed E-state index contributed by atoms with van der Waals surface area (Å²) >= 11 is 0. The molecule has 0 aliphatic heterocycles. The average Bonchev–Trinajstić information content (AvgIpc) is 3.46. The second-order valence-electron chi connectivity index (χ2n) is 8.29. The number of allylic oxidation sites excluding steroid dienone is 8. The van der Waals surface area contributed by atoms with Gasteiger partial charge in [0.1, 0.15) is 12.1 Å². The van der Waals surface area contributed by atoms with E-state index in [1.165, 1.54) is 0 Å². The first-order chi connectivity index (χ1) is 18.6. The zero-order chi connectivity index (χ0) is 26.8. The third-order valence-electron chi connectivity index (χ3n) is 6.49. The smallest absolute Gasteiger partial charge is 0.226 e. The molecule has 0 saturated carbocycles. The SMILES string of the molecule is [C-]#[N+]/C(C#N)=C1\C(c2ccccc2)=C(C#N)c2cc3c(cc21)C(C#N)=C(c1ccccc1)/C3=C(\C#N)[N+]#[C-]. The number of nitriles is 4. The third kappa shape index (κ3) is 3.29. The molecule has 3 aromatic carbocycles. The zero-order valence-corrected chi connectivity index (χ0v) is 19.6. The van der Waals surface area contributed by atoms with E-state index in [9.17, 15) is 21.0 Å². The van der Waals surface area contributed by atoms with Gasteiger partial charge in [-0.2, -0.15) is 10.5 Å². The molecule has 3 aromatic rings. The second kappa shape index (κ2) is 9.31. The molecule has 6 heteroatoms. The largest absolute Gasteiger partial charge is 0.270 e. The third-order valence-corrected chi connectivity index (χ3v) is 6.49. The molecule has 0 spiro atoms. The lowest BCUT2D eigenvalue weighted by molar-refractivity contribution is 1.47. The van der Waals surface area contributed by atoms with E-state index in [1.54, 1.807) is 60.7 Å². The lowest BCUT2D eigenvalue weighted by Gasteiger charge is -2.11. The summed E-state index contributed by atoms with van der Waals surface area (Å²) in [5, 5.41) is 40.2. The second-order valence-corrected chi connectivity index (χ2v) is 8.29. The van der Waals surface area contributed by atoms with Crippen molar-refractivity contribution >= 4 is 33.4 Å². The standard InChI is InChI=1S/C32H12N6/c1-37-27(17-35)31-23-13-22-24(14-21(23)25(15-33)29(31)19-9-5-3-6-10-19)32(28(18-36)38-2)30(26(22)16-34)20-11-7-4-8-12-20/h3-14H/b31-27-,32-28+. The van der Waals surface area contributed by atoms with Crippen molar-refractivity contribution in [3.05, 3.63) is 140 Å². The van der Waals surface area contributed by atoms with Gasteiger partial charge in [-0.15, -0.1) is 0 Å². The van der Waals surface area contributed by atoms with Gasteiger partial charge in [-0.3, -0.25) is 0 Å². The van der Waals surface area contributed by atoms with E-state index in [2.05, 4.69) is 21.8 Å². The van der Waals surface area contributed by atoms with Crippen molar-refractivity contribution in [3.63, 3.8) is 0 Å². The molecule has 6 nitrogen and oxygen atoms in total. The Kier molecular flexibility index (Phi) is 5.71. The fourth-order valence-electron chi connectivity index (χ4n) is 5.00. The van der Waals surface area contributed by atoms with Crippen molar-refractivity contribution in [1.82, 2.24) is 0 Å². The Morgan fingerprint density at radius 3 is 1.21 bits per heavy atom. The first-order valence-corrected chi connectivity index (χ1v) is 11.3. The molecule has 0 unspecified atom stereocenters. The number of hydrogen-bond donors (Lipinski definition) is 0. The Hall–Kier alpha value is -6.44. The van der Waals surface area contributed by atoms with Crippen molar-refractivity contribution in [2.24, 2.45) is 0 Å². The van der Waals surface area contributed by atoms with Crippen LogP contribution < -0.4 is 0 Å². The summed E-state index contributed by atoms with van der Waals surface area (Å²) in [5.41, 5.74) is 5.01. The van der Waals surface area contributed by atoms with Gasteiger partial charge in [0.2, 0.25) is 0 Å². The van der Waals surface area contributed by atoms with E-state index < -0.39 is 0 Å². The minimum Gasteiger partial charge on any atom is -0.226 e. The van der Waals surface area contributed by atoms with Gasteiger partial charge in [0.15, 0.2) is 0 Å². The number of benzene rings is 3. The summed E-state index contributed by atoms with van der Waals surface area (Å²) in [6.45, 7) is 15.3. The molecule has 0 radical (unpaired) electrons. The van der Waals surface area contributed by atoms with Gasteiger partial charge in [0.05, 0.1) is 36.4 Å².